The number of ether oxygens (including phenoxy) is 1. The Morgan fingerprint density at radius 2 is 2.00 bits per heavy atom. The second-order valence-corrected chi connectivity index (χ2v) is 5.68. The molecule has 0 bridgehead atoms. The summed E-state index contributed by atoms with van der Waals surface area (Å²) in [5, 5.41) is 11.9. The van der Waals surface area contributed by atoms with Crippen molar-refractivity contribution < 1.29 is 19.4 Å². The van der Waals surface area contributed by atoms with Crippen molar-refractivity contribution in [1.29, 1.82) is 0 Å². The lowest BCUT2D eigenvalue weighted by molar-refractivity contribution is -0.157. The van der Waals surface area contributed by atoms with Gasteiger partial charge in [-0.1, -0.05) is 43.7 Å². The van der Waals surface area contributed by atoms with Gasteiger partial charge in [0.1, 0.15) is 6.61 Å². The predicted octanol–water partition coefficient (Wildman–Crippen LogP) is 2.80. The van der Waals surface area contributed by atoms with Crippen LogP contribution < -0.4 is 5.32 Å². The van der Waals surface area contributed by atoms with Crippen LogP contribution >= 0.6 is 0 Å². The van der Waals surface area contributed by atoms with Crippen molar-refractivity contribution in [3.8, 4) is 0 Å². The molecule has 1 aromatic rings. The average molecular weight is 291 g/mol. The second kappa shape index (κ2) is 6.61. The molecule has 0 saturated heterocycles. The number of carboxylic acid groups (broad SMARTS) is 1. The molecule has 0 spiro atoms. The first-order valence-corrected chi connectivity index (χ1v) is 7.23. The Kier molecular flexibility index (Phi) is 4.83. The summed E-state index contributed by atoms with van der Waals surface area (Å²) >= 11 is 0. The zero-order valence-corrected chi connectivity index (χ0v) is 12.2. The molecule has 2 N–H and O–H groups in total. The van der Waals surface area contributed by atoms with Crippen LogP contribution in [0.2, 0.25) is 0 Å². The van der Waals surface area contributed by atoms with Crippen molar-refractivity contribution in [3.63, 3.8) is 0 Å². The van der Waals surface area contributed by atoms with Gasteiger partial charge >= 0.3 is 12.1 Å². The number of rotatable bonds is 6. The van der Waals surface area contributed by atoms with Crippen LogP contribution in [0.5, 0.6) is 0 Å². The van der Waals surface area contributed by atoms with E-state index in [9.17, 15) is 14.7 Å². The molecule has 0 radical (unpaired) electrons. The summed E-state index contributed by atoms with van der Waals surface area (Å²) in [5.41, 5.74) is 0.0854. The fourth-order valence-corrected chi connectivity index (χ4v) is 2.74. The fourth-order valence-electron chi connectivity index (χ4n) is 2.74. The molecule has 114 valence electrons. The quantitative estimate of drug-likeness (QED) is 0.845. The van der Waals surface area contributed by atoms with Gasteiger partial charge in [0.2, 0.25) is 0 Å². The number of aliphatic carboxylic acids is 1. The van der Waals surface area contributed by atoms with Crippen LogP contribution in [0.4, 0.5) is 4.79 Å². The number of hydrogen-bond donors (Lipinski definition) is 2. The third kappa shape index (κ3) is 3.74. The van der Waals surface area contributed by atoms with Crippen LogP contribution in [0, 0.1) is 11.3 Å². The van der Waals surface area contributed by atoms with E-state index in [1.165, 1.54) is 0 Å². The molecule has 0 atom stereocenters. The number of amides is 1. The van der Waals surface area contributed by atoms with Crippen LogP contribution in [0.15, 0.2) is 30.3 Å². The van der Waals surface area contributed by atoms with Gasteiger partial charge in [-0.3, -0.25) is 4.79 Å². The van der Waals surface area contributed by atoms with Crippen molar-refractivity contribution in [2.24, 2.45) is 11.3 Å². The topological polar surface area (TPSA) is 75.6 Å². The van der Waals surface area contributed by atoms with E-state index in [0.29, 0.717) is 18.8 Å². The minimum absolute atomic E-state index is 0.131. The Labute approximate surface area is 124 Å². The highest BCUT2D eigenvalue weighted by Gasteiger charge is 2.49. The molecule has 0 aliphatic heterocycles. The summed E-state index contributed by atoms with van der Waals surface area (Å²) in [6.07, 6.45) is 1.66. The molecular weight excluding hydrogens is 270 g/mol. The van der Waals surface area contributed by atoms with Crippen molar-refractivity contribution in [1.82, 2.24) is 5.32 Å². The van der Waals surface area contributed by atoms with E-state index < -0.39 is 17.5 Å². The van der Waals surface area contributed by atoms with Crippen molar-refractivity contribution in [3.05, 3.63) is 35.9 Å². The molecular formula is C16H21NO4. The van der Waals surface area contributed by atoms with Gasteiger partial charge in [0.05, 0.1) is 5.41 Å². The molecule has 5 nitrogen and oxygen atoms in total. The van der Waals surface area contributed by atoms with E-state index in [4.69, 9.17) is 4.74 Å². The van der Waals surface area contributed by atoms with E-state index in [0.717, 1.165) is 12.0 Å². The molecule has 0 unspecified atom stereocenters. The zero-order chi connectivity index (χ0) is 15.3. The number of carbonyl (C=O) groups is 2. The molecule has 2 rings (SSSR count). The van der Waals surface area contributed by atoms with E-state index in [1.807, 2.05) is 30.3 Å². The highest BCUT2D eigenvalue weighted by molar-refractivity contribution is 5.77. The second-order valence-electron chi connectivity index (χ2n) is 5.68. The standard InChI is InChI=1S/C16H21NO4/c1-2-12-8-16(9-12,14(18)19)11-17-15(20)21-10-13-6-4-3-5-7-13/h3-7,12H,2,8-11H2,1H3,(H,17,20)(H,18,19). The highest BCUT2D eigenvalue weighted by atomic mass is 16.5. The number of nitrogens with one attached hydrogen (secondary N) is 1. The highest BCUT2D eigenvalue weighted by Crippen LogP contribution is 2.46. The van der Waals surface area contributed by atoms with Crippen LogP contribution in [0.25, 0.3) is 0 Å². The summed E-state index contributed by atoms with van der Waals surface area (Å²) in [5.74, 6) is -0.390. The van der Waals surface area contributed by atoms with E-state index in [2.05, 4.69) is 12.2 Å². The van der Waals surface area contributed by atoms with Crippen LogP contribution in [-0.2, 0) is 16.1 Å². The number of alkyl carbamates (subject to hydrolysis) is 1. The van der Waals surface area contributed by atoms with Gasteiger partial charge in [0.15, 0.2) is 0 Å². The maximum Gasteiger partial charge on any atom is 0.407 e. The summed E-state index contributed by atoms with van der Waals surface area (Å²) < 4.78 is 5.08. The number of benzene rings is 1. The summed E-state index contributed by atoms with van der Waals surface area (Å²) in [6, 6.07) is 9.36. The van der Waals surface area contributed by atoms with Gasteiger partial charge in [0, 0.05) is 6.54 Å². The zero-order valence-electron chi connectivity index (χ0n) is 12.2. The summed E-state index contributed by atoms with van der Waals surface area (Å²) in [7, 11) is 0. The first kappa shape index (κ1) is 15.4. The number of carbonyl (C=O) groups excluding carboxylic acids is 1. The molecule has 5 heteroatoms. The largest absolute Gasteiger partial charge is 0.481 e. The molecule has 1 amide bonds. The van der Waals surface area contributed by atoms with Gasteiger partial charge in [-0.15, -0.1) is 0 Å². The van der Waals surface area contributed by atoms with Gasteiger partial charge in [0.25, 0.3) is 0 Å². The molecule has 1 aromatic carbocycles. The SMILES string of the molecule is CCC1CC(CNC(=O)OCc2ccccc2)(C(=O)O)C1. The maximum absolute atomic E-state index is 11.7. The number of carboxylic acids is 1. The summed E-state index contributed by atoms with van der Waals surface area (Å²) in [6.45, 7) is 2.37. The minimum Gasteiger partial charge on any atom is -0.481 e. The van der Waals surface area contributed by atoms with Crippen molar-refractivity contribution >= 4 is 12.1 Å². The molecule has 1 aliphatic rings. The lowest BCUT2D eigenvalue weighted by Crippen LogP contribution is -2.51. The molecule has 21 heavy (non-hydrogen) atoms. The Hall–Kier alpha value is -2.04. The lowest BCUT2D eigenvalue weighted by Gasteiger charge is -2.44. The Bertz CT molecular complexity index is 494. The van der Waals surface area contributed by atoms with Crippen LogP contribution in [-0.4, -0.2) is 23.7 Å². The van der Waals surface area contributed by atoms with E-state index in [1.54, 1.807) is 0 Å². The first-order valence-electron chi connectivity index (χ1n) is 7.23. The van der Waals surface area contributed by atoms with Gasteiger partial charge in [-0.25, -0.2) is 4.79 Å². The monoisotopic (exact) mass is 291 g/mol. The Morgan fingerprint density at radius 3 is 2.57 bits per heavy atom. The van der Waals surface area contributed by atoms with Crippen molar-refractivity contribution in [2.75, 3.05) is 6.54 Å². The van der Waals surface area contributed by atoms with Gasteiger partial charge in [-0.05, 0) is 24.3 Å². The normalized spacial score (nSPS) is 24.0. The minimum atomic E-state index is -0.837. The Morgan fingerprint density at radius 1 is 1.33 bits per heavy atom. The van der Waals surface area contributed by atoms with Crippen LogP contribution in [0.3, 0.4) is 0 Å². The van der Waals surface area contributed by atoms with Gasteiger partial charge in [-0.2, -0.15) is 0 Å². The molecule has 0 heterocycles. The maximum atomic E-state index is 11.7. The average Bonchev–Trinajstić information content (AvgIpc) is 2.45. The van der Waals surface area contributed by atoms with Crippen LogP contribution in [0.1, 0.15) is 31.7 Å². The predicted molar refractivity (Wildman–Crippen MR) is 77.7 cm³/mol. The molecule has 1 aliphatic carbocycles. The third-order valence-corrected chi connectivity index (χ3v) is 4.17. The van der Waals surface area contributed by atoms with Gasteiger partial charge < -0.3 is 15.2 Å². The number of hydrogen-bond acceptors (Lipinski definition) is 3. The van der Waals surface area contributed by atoms with Crippen molar-refractivity contribution in [2.45, 2.75) is 32.8 Å². The molecule has 1 saturated carbocycles. The lowest BCUT2D eigenvalue weighted by atomic mass is 9.61. The molecule has 0 aromatic heterocycles. The fraction of sp³-hybridized carbons (Fsp3) is 0.500. The smallest absolute Gasteiger partial charge is 0.407 e. The Balaban J connectivity index is 1.77. The third-order valence-electron chi connectivity index (χ3n) is 4.17. The van der Waals surface area contributed by atoms with E-state index >= 15 is 0 Å². The van der Waals surface area contributed by atoms with E-state index in [-0.39, 0.29) is 13.2 Å². The first-order chi connectivity index (χ1) is 10.1. The molecule has 1 fully saturated rings. The summed E-state index contributed by atoms with van der Waals surface area (Å²) in [4.78, 5) is 23.0.